The van der Waals surface area contributed by atoms with Crippen LogP contribution >= 0.6 is 0 Å². The zero-order chi connectivity index (χ0) is 24.3. The number of carbonyl (C=O) groups excluding carboxylic acids is 3. The maximum Gasteiger partial charge on any atom is 0.338 e. The average Bonchev–Trinajstić information content (AvgIpc) is 2.92. The van der Waals surface area contributed by atoms with E-state index in [9.17, 15) is 14.4 Å². The summed E-state index contributed by atoms with van der Waals surface area (Å²) in [5.41, 5.74) is -0.611. The van der Waals surface area contributed by atoms with E-state index in [1.807, 2.05) is 0 Å². The fourth-order valence-corrected chi connectivity index (χ4v) is 4.08. The fraction of sp³-hybridized carbons (Fsp3) is 0.222. The van der Waals surface area contributed by atoms with Crippen LogP contribution in [0.25, 0.3) is 0 Å². The van der Waals surface area contributed by atoms with Gasteiger partial charge in [-0.05, 0) is 36.4 Å². The maximum absolute atomic E-state index is 13.0. The molecule has 0 saturated carbocycles. The number of rotatable bonds is 6. The quantitative estimate of drug-likeness (QED) is 0.396. The van der Waals surface area contributed by atoms with Crippen molar-refractivity contribution in [1.29, 1.82) is 0 Å². The number of hydrogen-bond donors (Lipinski definition) is 0. The van der Waals surface area contributed by atoms with E-state index < -0.39 is 42.0 Å². The van der Waals surface area contributed by atoms with Crippen molar-refractivity contribution >= 4 is 17.9 Å². The molecule has 3 aliphatic heterocycles. The van der Waals surface area contributed by atoms with Crippen LogP contribution in [0.3, 0.4) is 0 Å². The number of fused-ring (bicyclic) bond motifs is 3. The Kier molecular flexibility index (Phi) is 6.31. The Labute approximate surface area is 201 Å². The molecule has 178 valence electrons. The van der Waals surface area contributed by atoms with Crippen LogP contribution in [0.4, 0.5) is 0 Å². The summed E-state index contributed by atoms with van der Waals surface area (Å²) in [5.74, 6) is -1.95. The van der Waals surface area contributed by atoms with Gasteiger partial charge in [-0.2, -0.15) is 0 Å². The van der Waals surface area contributed by atoms with Crippen molar-refractivity contribution in [1.82, 2.24) is 0 Å². The molecular formula is C27H22O8. The molecule has 35 heavy (non-hydrogen) atoms. The minimum atomic E-state index is -1.52. The summed E-state index contributed by atoms with van der Waals surface area (Å²) in [7, 11) is 0. The molecule has 3 heterocycles. The van der Waals surface area contributed by atoms with Gasteiger partial charge in [0.1, 0.15) is 0 Å². The SMILES string of the molecule is O=C(O[C@H]1[C@H]2OC[C@@](OC(=O)c3ccccc3)(CO2)[C@H]1OC(=O)c1ccccc1)c1ccccc1. The fourth-order valence-electron chi connectivity index (χ4n) is 4.08. The molecule has 0 spiro atoms. The third-order valence-corrected chi connectivity index (χ3v) is 5.87. The topological polar surface area (TPSA) is 97.4 Å². The molecule has 2 atom stereocenters. The van der Waals surface area contributed by atoms with Gasteiger partial charge >= 0.3 is 17.9 Å². The van der Waals surface area contributed by atoms with Gasteiger partial charge in [-0.15, -0.1) is 0 Å². The lowest BCUT2D eigenvalue weighted by Gasteiger charge is -2.52. The van der Waals surface area contributed by atoms with E-state index in [2.05, 4.69) is 0 Å². The van der Waals surface area contributed by atoms with Crippen LogP contribution in [-0.4, -0.2) is 55.2 Å². The zero-order valence-corrected chi connectivity index (χ0v) is 18.6. The van der Waals surface area contributed by atoms with Crippen molar-refractivity contribution in [3.63, 3.8) is 0 Å². The molecule has 0 aromatic heterocycles. The third-order valence-electron chi connectivity index (χ3n) is 5.87. The Morgan fingerprint density at radius 2 is 1.06 bits per heavy atom. The second-order valence-electron chi connectivity index (χ2n) is 8.24. The number of ether oxygens (including phenoxy) is 5. The molecule has 3 saturated heterocycles. The third kappa shape index (κ3) is 4.66. The molecule has 2 bridgehead atoms. The number of esters is 3. The first-order valence-electron chi connectivity index (χ1n) is 11.1. The predicted octanol–water partition coefficient (Wildman–Crippen LogP) is 3.42. The number of carbonyl (C=O) groups is 3. The van der Waals surface area contributed by atoms with E-state index in [4.69, 9.17) is 23.7 Å². The summed E-state index contributed by atoms with van der Waals surface area (Å²) in [5, 5.41) is 0. The Morgan fingerprint density at radius 3 is 1.54 bits per heavy atom. The first kappa shape index (κ1) is 22.8. The monoisotopic (exact) mass is 474 g/mol. The summed E-state index contributed by atoms with van der Waals surface area (Å²) in [6.07, 6.45) is -3.32. The van der Waals surface area contributed by atoms with Crippen LogP contribution in [0, 0.1) is 0 Å². The average molecular weight is 474 g/mol. The summed E-state index contributed by atoms with van der Waals surface area (Å²) >= 11 is 0. The number of hydrogen-bond acceptors (Lipinski definition) is 8. The van der Waals surface area contributed by atoms with Gasteiger partial charge in [-0.25, -0.2) is 14.4 Å². The standard InChI is InChI=1S/C27H22O8/c28-23(18-10-4-1-5-11-18)33-21-22(34-24(29)19-12-6-2-7-13-19)27(16-31-26(21)32-17-27)35-25(30)20-14-8-3-9-15-20/h1-15,21-22,26H,16-17H2/t21-,22+,26-,27+/m1/s1. The Balaban J connectivity index is 1.46. The number of benzene rings is 3. The largest absolute Gasteiger partial charge is 0.450 e. The first-order valence-corrected chi connectivity index (χ1v) is 11.1. The zero-order valence-electron chi connectivity index (χ0n) is 18.6. The lowest BCUT2D eigenvalue weighted by atomic mass is 9.87. The summed E-state index contributed by atoms with van der Waals surface area (Å²) in [6, 6.07) is 25.1. The molecule has 3 aliphatic rings. The minimum Gasteiger partial charge on any atom is -0.450 e. The van der Waals surface area contributed by atoms with Crippen LogP contribution in [0.5, 0.6) is 0 Å². The highest BCUT2D eigenvalue weighted by atomic mass is 16.8. The Morgan fingerprint density at radius 1 is 0.629 bits per heavy atom. The van der Waals surface area contributed by atoms with E-state index in [-0.39, 0.29) is 13.2 Å². The molecule has 6 rings (SSSR count). The molecule has 3 aromatic carbocycles. The molecule has 8 heteroatoms. The van der Waals surface area contributed by atoms with Gasteiger partial charge in [0.25, 0.3) is 0 Å². The second kappa shape index (κ2) is 9.69. The van der Waals surface area contributed by atoms with Gasteiger partial charge < -0.3 is 23.7 Å². The molecule has 3 aromatic rings. The molecule has 8 nitrogen and oxygen atoms in total. The van der Waals surface area contributed by atoms with Crippen LogP contribution in [0.15, 0.2) is 91.0 Å². The molecule has 0 aliphatic carbocycles. The van der Waals surface area contributed by atoms with Gasteiger partial charge in [-0.3, -0.25) is 0 Å². The molecule has 0 N–H and O–H groups in total. The van der Waals surface area contributed by atoms with Crippen LogP contribution < -0.4 is 0 Å². The smallest absolute Gasteiger partial charge is 0.338 e. The van der Waals surface area contributed by atoms with Gasteiger partial charge in [-0.1, -0.05) is 54.6 Å². The van der Waals surface area contributed by atoms with Crippen molar-refractivity contribution in [2.75, 3.05) is 13.2 Å². The molecule has 3 fully saturated rings. The summed E-state index contributed by atoms with van der Waals surface area (Å²) in [6.45, 7) is -0.190. The van der Waals surface area contributed by atoms with E-state index in [0.29, 0.717) is 16.7 Å². The lowest BCUT2D eigenvalue weighted by molar-refractivity contribution is -0.357. The van der Waals surface area contributed by atoms with Crippen molar-refractivity contribution < 1.29 is 38.1 Å². The first-order chi connectivity index (χ1) is 17.1. The molecular weight excluding hydrogens is 452 g/mol. The van der Waals surface area contributed by atoms with Crippen molar-refractivity contribution in [2.24, 2.45) is 0 Å². The highest BCUT2D eigenvalue weighted by molar-refractivity contribution is 5.91. The molecule has 0 amide bonds. The van der Waals surface area contributed by atoms with Crippen LogP contribution in [0.2, 0.25) is 0 Å². The van der Waals surface area contributed by atoms with E-state index >= 15 is 0 Å². The second-order valence-corrected chi connectivity index (χ2v) is 8.24. The van der Waals surface area contributed by atoms with E-state index in [1.165, 1.54) is 0 Å². The van der Waals surface area contributed by atoms with Crippen molar-refractivity contribution in [2.45, 2.75) is 24.1 Å². The normalized spacial score (nSPS) is 24.9. The van der Waals surface area contributed by atoms with Gasteiger partial charge in [0.2, 0.25) is 0 Å². The van der Waals surface area contributed by atoms with Gasteiger partial charge in [0.15, 0.2) is 24.1 Å². The highest BCUT2D eigenvalue weighted by Crippen LogP contribution is 2.39. The summed E-state index contributed by atoms with van der Waals surface area (Å²) in [4.78, 5) is 38.8. The Hall–Kier alpha value is -4.01. The van der Waals surface area contributed by atoms with Crippen molar-refractivity contribution in [3.8, 4) is 0 Å². The van der Waals surface area contributed by atoms with Gasteiger partial charge in [0.05, 0.1) is 29.9 Å². The van der Waals surface area contributed by atoms with Crippen LogP contribution in [0.1, 0.15) is 31.1 Å². The van der Waals surface area contributed by atoms with Gasteiger partial charge in [0, 0.05) is 0 Å². The van der Waals surface area contributed by atoms with Crippen LogP contribution in [-0.2, 0) is 23.7 Å². The summed E-state index contributed by atoms with van der Waals surface area (Å²) < 4.78 is 28.9. The van der Waals surface area contributed by atoms with Crippen molar-refractivity contribution in [3.05, 3.63) is 108 Å². The molecule has 0 unspecified atom stereocenters. The maximum atomic E-state index is 13.0. The molecule has 0 radical (unpaired) electrons. The van der Waals surface area contributed by atoms with E-state index in [1.54, 1.807) is 91.0 Å². The Bertz CT molecular complexity index is 1190. The van der Waals surface area contributed by atoms with E-state index in [0.717, 1.165) is 0 Å². The lowest BCUT2D eigenvalue weighted by Crippen LogP contribution is -2.72. The minimum absolute atomic E-state index is 0.0949. The predicted molar refractivity (Wildman–Crippen MR) is 122 cm³/mol. The highest BCUT2D eigenvalue weighted by Gasteiger charge is 2.62.